The molecule has 0 atom stereocenters. The minimum absolute atomic E-state index is 0.633. The molecule has 3 nitrogen and oxygen atoms in total. The van der Waals surface area contributed by atoms with Gasteiger partial charge in [0.1, 0.15) is 5.75 Å². The first kappa shape index (κ1) is 14.5. The smallest absolute Gasteiger partial charge is 0.122 e. The van der Waals surface area contributed by atoms with Crippen molar-refractivity contribution in [3.63, 3.8) is 0 Å². The molecule has 1 aromatic rings. The van der Waals surface area contributed by atoms with Gasteiger partial charge in [0.05, 0.1) is 13.2 Å². The number of nitrogens with one attached hydrogen (secondary N) is 1. The van der Waals surface area contributed by atoms with Gasteiger partial charge in [-0.05, 0) is 62.5 Å². The van der Waals surface area contributed by atoms with Crippen molar-refractivity contribution in [2.45, 2.75) is 33.1 Å². The van der Waals surface area contributed by atoms with Crippen LogP contribution in [0.4, 0.5) is 0 Å². The van der Waals surface area contributed by atoms with Crippen LogP contribution < -0.4 is 10.1 Å². The van der Waals surface area contributed by atoms with Crippen molar-refractivity contribution in [2.24, 2.45) is 0 Å². The second-order valence-corrected chi connectivity index (χ2v) is 4.44. The summed E-state index contributed by atoms with van der Waals surface area (Å²) in [6.07, 6.45) is 2.58. The summed E-state index contributed by atoms with van der Waals surface area (Å²) in [5, 5.41) is 11.8. The van der Waals surface area contributed by atoms with Gasteiger partial charge in [0.2, 0.25) is 0 Å². The van der Waals surface area contributed by atoms with Crippen LogP contribution in [0.1, 0.15) is 29.5 Å². The van der Waals surface area contributed by atoms with E-state index in [4.69, 9.17) is 10.00 Å². The molecule has 0 fully saturated rings. The SMILES string of the molecule is COc1ccc(CCNCCCC#N)c(C)c1C. The van der Waals surface area contributed by atoms with Gasteiger partial charge < -0.3 is 10.1 Å². The molecule has 0 radical (unpaired) electrons. The van der Waals surface area contributed by atoms with Gasteiger partial charge in [0, 0.05) is 6.42 Å². The highest BCUT2D eigenvalue weighted by atomic mass is 16.5. The lowest BCUT2D eigenvalue weighted by atomic mass is 10.00. The van der Waals surface area contributed by atoms with Crippen molar-refractivity contribution in [1.82, 2.24) is 5.32 Å². The van der Waals surface area contributed by atoms with Crippen molar-refractivity contribution in [3.8, 4) is 11.8 Å². The highest BCUT2D eigenvalue weighted by Gasteiger charge is 2.05. The summed E-state index contributed by atoms with van der Waals surface area (Å²) in [4.78, 5) is 0. The van der Waals surface area contributed by atoms with Gasteiger partial charge in [-0.1, -0.05) is 6.07 Å². The Bertz CT molecular complexity index is 421. The van der Waals surface area contributed by atoms with Gasteiger partial charge in [0.15, 0.2) is 0 Å². The molecule has 3 heteroatoms. The van der Waals surface area contributed by atoms with Gasteiger partial charge >= 0.3 is 0 Å². The lowest BCUT2D eigenvalue weighted by molar-refractivity contribution is 0.411. The summed E-state index contributed by atoms with van der Waals surface area (Å²) in [5.41, 5.74) is 3.90. The Morgan fingerprint density at radius 1 is 1.22 bits per heavy atom. The van der Waals surface area contributed by atoms with Gasteiger partial charge in [-0.3, -0.25) is 0 Å². The summed E-state index contributed by atoms with van der Waals surface area (Å²) in [6.45, 7) is 6.11. The number of ether oxygens (including phenoxy) is 1. The van der Waals surface area contributed by atoms with Crippen LogP contribution in [-0.4, -0.2) is 20.2 Å². The largest absolute Gasteiger partial charge is 0.496 e. The van der Waals surface area contributed by atoms with E-state index < -0.39 is 0 Å². The van der Waals surface area contributed by atoms with Crippen LogP contribution in [0.3, 0.4) is 0 Å². The molecule has 0 unspecified atom stereocenters. The summed E-state index contributed by atoms with van der Waals surface area (Å²) in [7, 11) is 1.71. The highest BCUT2D eigenvalue weighted by molar-refractivity contribution is 5.43. The minimum Gasteiger partial charge on any atom is -0.496 e. The third-order valence-electron chi connectivity index (χ3n) is 3.28. The van der Waals surface area contributed by atoms with Gasteiger partial charge in [0.25, 0.3) is 0 Å². The Labute approximate surface area is 110 Å². The minimum atomic E-state index is 0.633. The van der Waals surface area contributed by atoms with Crippen LogP contribution in [0.25, 0.3) is 0 Å². The Balaban J connectivity index is 2.44. The average Bonchev–Trinajstić information content (AvgIpc) is 2.38. The van der Waals surface area contributed by atoms with E-state index in [0.29, 0.717) is 6.42 Å². The number of nitrogens with zero attached hydrogens (tertiary/aromatic N) is 1. The van der Waals surface area contributed by atoms with Crippen LogP contribution in [0, 0.1) is 25.2 Å². The second kappa shape index (κ2) is 7.73. The third-order valence-corrected chi connectivity index (χ3v) is 3.28. The lowest BCUT2D eigenvalue weighted by Crippen LogP contribution is -2.18. The molecule has 0 aromatic heterocycles. The molecule has 1 rings (SSSR count). The van der Waals surface area contributed by atoms with Crippen molar-refractivity contribution in [2.75, 3.05) is 20.2 Å². The van der Waals surface area contributed by atoms with E-state index in [2.05, 4.69) is 31.3 Å². The first-order valence-electron chi connectivity index (χ1n) is 6.41. The molecule has 0 aliphatic rings. The number of hydrogen-bond donors (Lipinski definition) is 1. The first-order chi connectivity index (χ1) is 8.70. The highest BCUT2D eigenvalue weighted by Crippen LogP contribution is 2.23. The Morgan fingerprint density at radius 2 is 2.00 bits per heavy atom. The molecular weight excluding hydrogens is 224 g/mol. The van der Waals surface area contributed by atoms with E-state index in [1.807, 2.05) is 6.07 Å². The summed E-state index contributed by atoms with van der Waals surface area (Å²) in [6, 6.07) is 6.32. The molecule has 0 saturated carbocycles. The number of hydrogen-bond acceptors (Lipinski definition) is 3. The fraction of sp³-hybridized carbons (Fsp3) is 0.533. The molecule has 0 saturated heterocycles. The Hall–Kier alpha value is -1.53. The van der Waals surface area contributed by atoms with Crippen molar-refractivity contribution < 1.29 is 4.74 Å². The molecular formula is C15H22N2O. The molecule has 0 aliphatic heterocycles. The first-order valence-corrected chi connectivity index (χ1v) is 6.41. The summed E-state index contributed by atoms with van der Waals surface area (Å²) in [5.74, 6) is 0.957. The molecule has 18 heavy (non-hydrogen) atoms. The quantitative estimate of drug-likeness (QED) is 0.752. The standard InChI is InChI=1S/C15H22N2O/c1-12-13(2)15(18-3)7-6-14(12)8-11-17-10-5-4-9-16/h6-7,17H,4-5,8,10-11H2,1-3H3. The number of nitriles is 1. The van der Waals surface area contributed by atoms with Crippen LogP contribution in [0.15, 0.2) is 12.1 Å². The molecule has 1 aromatic carbocycles. The lowest BCUT2D eigenvalue weighted by Gasteiger charge is -2.12. The predicted octanol–water partition coefficient (Wildman–Crippen LogP) is 2.75. The average molecular weight is 246 g/mol. The number of benzene rings is 1. The number of unbranched alkanes of at least 4 members (excludes halogenated alkanes) is 1. The maximum Gasteiger partial charge on any atom is 0.122 e. The Kier molecular flexibility index (Phi) is 6.24. The topological polar surface area (TPSA) is 45.0 Å². The third kappa shape index (κ3) is 4.05. The van der Waals surface area contributed by atoms with E-state index in [1.54, 1.807) is 7.11 Å². The fourth-order valence-corrected chi connectivity index (χ4v) is 1.98. The number of rotatable bonds is 7. The molecule has 0 spiro atoms. The second-order valence-electron chi connectivity index (χ2n) is 4.44. The predicted molar refractivity (Wildman–Crippen MR) is 73.9 cm³/mol. The molecule has 0 aliphatic carbocycles. The van der Waals surface area contributed by atoms with Crippen molar-refractivity contribution >= 4 is 0 Å². The molecule has 1 N–H and O–H groups in total. The maximum atomic E-state index is 8.43. The molecule has 0 bridgehead atoms. The van der Waals surface area contributed by atoms with Gasteiger partial charge in [-0.15, -0.1) is 0 Å². The Morgan fingerprint density at radius 3 is 2.67 bits per heavy atom. The van der Waals surface area contributed by atoms with Crippen LogP contribution in [-0.2, 0) is 6.42 Å². The molecule has 98 valence electrons. The van der Waals surface area contributed by atoms with Crippen LogP contribution in [0.5, 0.6) is 5.75 Å². The number of methoxy groups -OCH3 is 1. The summed E-state index contributed by atoms with van der Waals surface area (Å²) >= 11 is 0. The monoisotopic (exact) mass is 246 g/mol. The van der Waals surface area contributed by atoms with E-state index in [0.717, 1.165) is 31.7 Å². The zero-order chi connectivity index (χ0) is 13.4. The van der Waals surface area contributed by atoms with Crippen LogP contribution >= 0.6 is 0 Å². The fourth-order valence-electron chi connectivity index (χ4n) is 1.98. The molecule has 0 heterocycles. The van der Waals surface area contributed by atoms with E-state index in [1.165, 1.54) is 16.7 Å². The van der Waals surface area contributed by atoms with Gasteiger partial charge in [-0.25, -0.2) is 0 Å². The summed E-state index contributed by atoms with van der Waals surface area (Å²) < 4.78 is 5.30. The maximum absolute atomic E-state index is 8.43. The van der Waals surface area contributed by atoms with Crippen molar-refractivity contribution in [1.29, 1.82) is 5.26 Å². The van der Waals surface area contributed by atoms with E-state index in [9.17, 15) is 0 Å². The zero-order valence-corrected chi connectivity index (χ0v) is 11.5. The van der Waals surface area contributed by atoms with Crippen LogP contribution in [0.2, 0.25) is 0 Å². The van der Waals surface area contributed by atoms with Gasteiger partial charge in [-0.2, -0.15) is 5.26 Å². The normalized spacial score (nSPS) is 10.1. The van der Waals surface area contributed by atoms with E-state index in [-0.39, 0.29) is 0 Å². The van der Waals surface area contributed by atoms with E-state index >= 15 is 0 Å². The molecule has 0 amide bonds. The van der Waals surface area contributed by atoms with Crippen molar-refractivity contribution in [3.05, 3.63) is 28.8 Å². The zero-order valence-electron chi connectivity index (χ0n) is 11.5.